The van der Waals surface area contributed by atoms with Crippen molar-refractivity contribution in [3.05, 3.63) is 0 Å². The zero-order valence-corrected chi connectivity index (χ0v) is 12.1. The number of hydrogen-bond donors (Lipinski definition) is 3. The van der Waals surface area contributed by atoms with Crippen molar-refractivity contribution in [2.75, 3.05) is 19.6 Å². The van der Waals surface area contributed by atoms with Crippen LogP contribution in [0.25, 0.3) is 0 Å². The fourth-order valence-corrected chi connectivity index (χ4v) is 3.42. The fraction of sp³-hybridized carbons (Fsp3) is 0.933. The second kappa shape index (κ2) is 6.71. The monoisotopic (exact) mass is 268 g/mol. The van der Waals surface area contributed by atoms with E-state index in [1.54, 1.807) is 0 Å². The molecular formula is C15H28N2O2. The van der Waals surface area contributed by atoms with E-state index < -0.39 is 0 Å². The number of amides is 1. The smallest absolute Gasteiger partial charge is 0.226 e. The number of hydrogen-bond acceptors (Lipinski definition) is 3. The Morgan fingerprint density at radius 2 is 1.89 bits per heavy atom. The molecule has 0 aromatic rings. The molecule has 0 bridgehead atoms. The van der Waals surface area contributed by atoms with Gasteiger partial charge >= 0.3 is 0 Å². The summed E-state index contributed by atoms with van der Waals surface area (Å²) >= 11 is 0. The Bertz CT molecular complexity index is 293. The predicted octanol–water partition coefficient (Wildman–Crippen LogP) is 1.43. The second-order valence-electron chi connectivity index (χ2n) is 6.27. The van der Waals surface area contributed by atoms with Crippen LogP contribution < -0.4 is 10.6 Å². The highest BCUT2D eigenvalue weighted by Gasteiger charge is 2.37. The first-order valence-electron chi connectivity index (χ1n) is 7.83. The lowest BCUT2D eigenvalue weighted by Crippen LogP contribution is -2.48. The molecule has 0 radical (unpaired) electrons. The number of aliphatic hydroxyl groups excluding tert-OH is 1. The van der Waals surface area contributed by atoms with Crippen molar-refractivity contribution in [2.45, 2.75) is 58.0 Å². The van der Waals surface area contributed by atoms with Crippen molar-refractivity contribution in [2.24, 2.45) is 11.3 Å². The highest BCUT2D eigenvalue weighted by Crippen LogP contribution is 2.33. The topological polar surface area (TPSA) is 61.4 Å². The number of carbonyl (C=O) groups is 1. The summed E-state index contributed by atoms with van der Waals surface area (Å²) in [6.45, 7) is 4.83. The first kappa shape index (κ1) is 14.8. The lowest BCUT2D eigenvalue weighted by Gasteiger charge is -2.36. The Balaban J connectivity index is 1.79. The predicted molar refractivity (Wildman–Crippen MR) is 75.8 cm³/mol. The molecule has 1 saturated carbocycles. The van der Waals surface area contributed by atoms with Crippen LogP contribution in [0.3, 0.4) is 0 Å². The largest absolute Gasteiger partial charge is 0.393 e. The number of aliphatic hydroxyl groups is 1. The third-order valence-corrected chi connectivity index (χ3v) is 5.09. The van der Waals surface area contributed by atoms with E-state index in [1.807, 2.05) is 0 Å². The fourth-order valence-electron chi connectivity index (χ4n) is 3.42. The van der Waals surface area contributed by atoms with Crippen LogP contribution in [0.5, 0.6) is 0 Å². The molecule has 2 rings (SSSR count). The van der Waals surface area contributed by atoms with Gasteiger partial charge in [-0.2, -0.15) is 0 Å². The molecule has 2 fully saturated rings. The Kier molecular flexibility index (Phi) is 5.22. The lowest BCUT2D eigenvalue weighted by molar-refractivity contribution is -0.133. The summed E-state index contributed by atoms with van der Waals surface area (Å²) in [6.07, 6.45) is 6.61. The molecular weight excluding hydrogens is 240 g/mol. The van der Waals surface area contributed by atoms with Gasteiger partial charge in [0.25, 0.3) is 0 Å². The highest BCUT2D eigenvalue weighted by molar-refractivity contribution is 5.82. The van der Waals surface area contributed by atoms with Crippen molar-refractivity contribution in [3.63, 3.8) is 0 Å². The number of piperidine rings is 1. The molecule has 1 saturated heterocycles. The highest BCUT2D eigenvalue weighted by atomic mass is 16.3. The minimum atomic E-state index is -0.139. The molecule has 2 aliphatic rings. The van der Waals surface area contributed by atoms with Crippen molar-refractivity contribution >= 4 is 5.91 Å². The summed E-state index contributed by atoms with van der Waals surface area (Å²) in [5, 5.41) is 16.0. The zero-order chi connectivity index (χ0) is 13.7. The van der Waals surface area contributed by atoms with Crippen LogP contribution in [0.15, 0.2) is 0 Å². The van der Waals surface area contributed by atoms with Crippen LogP contribution in [0.4, 0.5) is 0 Å². The van der Waals surface area contributed by atoms with Crippen molar-refractivity contribution in [1.29, 1.82) is 0 Å². The van der Waals surface area contributed by atoms with Gasteiger partial charge in [0.1, 0.15) is 0 Å². The Morgan fingerprint density at radius 3 is 2.47 bits per heavy atom. The molecule has 1 aliphatic carbocycles. The Morgan fingerprint density at radius 1 is 1.26 bits per heavy atom. The average Bonchev–Trinajstić information content (AvgIpc) is 2.47. The van der Waals surface area contributed by atoms with E-state index in [-0.39, 0.29) is 17.4 Å². The van der Waals surface area contributed by atoms with Gasteiger partial charge in [-0.05, 0) is 64.0 Å². The molecule has 0 aromatic heterocycles. The van der Waals surface area contributed by atoms with E-state index in [1.165, 1.54) is 0 Å². The third-order valence-electron chi connectivity index (χ3n) is 5.09. The van der Waals surface area contributed by atoms with E-state index in [4.69, 9.17) is 0 Å². The van der Waals surface area contributed by atoms with Crippen molar-refractivity contribution in [3.8, 4) is 0 Å². The maximum atomic E-state index is 12.5. The summed E-state index contributed by atoms with van der Waals surface area (Å²) < 4.78 is 0. The van der Waals surface area contributed by atoms with Crippen molar-refractivity contribution < 1.29 is 9.90 Å². The maximum Gasteiger partial charge on any atom is 0.226 e. The molecule has 0 unspecified atom stereocenters. The van der Waals surface area contributed by atoms with E-state index in [0.717, 1.165) is 64.6 Å². The van der Waals surface area contributed by atoms with Crippen LogP contribution in [0.1, 0.15) is 51.9 Å². The molecule has 4 nitrogen and oxygen atoms in total. The van der Waals surface area contributed by atoms with Gasteiger partial charge in [-0.25, -0.2) is 0 Å². The van der Waals surface area contributed by atoms with Gasteiger partial charge < -0.3 is 15.7 Å². The zero-order valence-electron chi connectivity index (χ0n) is 12.1. The normalized spacial score (nSPS) is 30.8. The first-order valence-corrected chi connectivity index (χ1v) is 7.83. The third kappa shape index (κ3) is 3.69. The Labute approximate surface area is 116 Å². The minimum absolute atomic E-state index is 0.113. The van der Waals surface area contributed by atoms with Gasteiger partial charge in [-0.1, -0.05) is 6.92 Å². The molecule has 1 aliphatic heterocycles. The minimum Gasteiger partial charge on any atom is -0.393 e. The number of rotatable bonds is 4. The van der Waals surface area contributed by atoms with Crippen LogP contribution in [0.2, 0.25) is 0 Å². The standard InChI is InChI=1S/C15H28N2O2/c1-2-15(7-9-16-10-8-15)14(19)17-11-12-3-5-13(18)6-4-12/h12-13,16,18H,2-11H2,1H3,(H,17,19). The van der Waals surface area contributed by atoms with E-state index in [2.05, 4.69) is 17.6 Å². The van der Waals surface area contributed by atoms with Crippen LogP contribution in [0, 0.1) is 11.3 Å². The second-order valence-corrected chi connectivity index (χ2v) is 6.27. The van der Waals surface area contributed by atoms with E-state index >= 15 is 0 Å². The van der Waals surface area contributed by atoms with Crippen LogP contribution >= 0.6 is 0 Å². The van der Waals surface area contributed by atoms with Crippen LogP contribution in [-0.4, -0.2) is 36.8 Å². The quantitative estimate of drug-likeness (QED) is 0.723. The maximum absolute atomic E-state index is 12.5. The summed E-state index contributed by atoms with van der Waals surface area (Å²) in [6, 6.07) is 0. The lowest BCUT2D eigenvalue weighted by atomic mass is 9.75. The van der Waals surface area contributed by atoms with Gasteiger partial charge in [-0.3, -0.25) is 4.79 Å². The number of carbonyl (C=O) groups excluding carboxylic acids is 1. The molecule has 110 valence electrons. The van der Waals surface area contributed by atoms with Gasteiger partial charge in [0.15, 0.2) is 0 Å². The average molecular weight is 268 g/mol. The molecule has 1 heterocycles. The first-order chi connectivity index (χ1) is 9.16. The summed E-state index contributed by atoms with van der Waals surface area (Å²) in [5.41, 5.74) is -0.139. The molecule has 3 N–H and O–H groups in total. The van der Waals surface area contributed by atoms with E-state index in [0.29, 0.717) is 5.92 Å². The molecule has 4 heteroatoms. The van der Waals surface area contributed by atoms with Gasteiger partial charge in [0, 0.05) is 6.54 Å². The SMILES string of the molecule is CCC1(C(=O)NCC2CCC(O)CC2)CCNCC1. The summed E-state index contributed by atoms with van der Waals surface area (Å²) in [7, 11) is 0. The molecule has 0 spiro atoms. The summed E-state index contributed by atoms with van der Waals surface area (Å²) in [5.74, 6) is 0.811. The molecule has 19 heavy (non-hydrogen) atoms. The van der Waals surface area contributed by atoms with E-state index in [9.17, 15) is 9.90 Å². The van der Waals surface area contributed by atoms with Crippen LogP contribution in [-0.2, 0) is 4.79 Å². The van der Waals surface area contributed by atoms with Gasteiger partial charge in [0.2, 0.25) is 5.91 Å². The number of nitrogens with one attached hydrogen (secondary N) is 2. The Hall–Kier alpha value is -0.610. The van der Waals surface area contributed by atoms with Gasteiger partial charge in [-0.15, -0.1) is 0 Å². The molecule has 1 amide bonds. The molecule has 0 aromatic carbocycles. The summed E-state index contributed by atoms with van der Waals surface area (Å²) in [4.78, 5) is 12.5. The van der Waals surface area contributed by atoms with Crippen molar-refractivity contribution in [1.82, 2.24) is 10.6 Å². The molecule has 0 atom stereocenters. The van der Waals surface area contributed by atoms with Gasteiger partial charge in [0.05, 0.1) is 11.5 Å².